The number of nitrogens with one attached hydrogen (secondary N) is 2. The SMILES string of the molecule is [NH-][C@@H](CC(=O)O)C(=O)[O-].[NH-][C@@H](CC(=O)O)C(=O)[O-].[Zn+2]. The van der Waals surface area contributed by atoms with Crippen LogP contribution in [0.15, 0.2) is 0 Å². The Bertz CT molecular complexity index is 303. The molecular weight excluding hydrogens is 317 g/mol. The Morgan fingerprint density at radius 3 is 1.11 bits per heavy atom. The van der Waals surface area contributed by atoms with Gasteiger partial charge in [0, 0.05) is 24.8 Å². The molecule has 0 spiro atoms. The molecule has 4 N–H and O–H groups in total. The van der Waals surface area contributed by atoms with Gasteiger partial charge in [0.2, 0.25) is 0 Å². The molecule has 0 unspecified atom stereocenters. The van der Waals surface area contributed by atoms with Crippen molar-refractivity contribution in [3.8, 4) is 0 Å². The van der Waals surface area contributed by atoms with E-state index in [4.69, 9.17) is 21.7 Å². The first-order valence-corrected chi connectivity index (χ1v) is 4.35. The number of rotatable bonds is 6. The third-order valence-electron chi connectivity index (χ3n) is 1.33. The van der Waals surface area contributed by atoms with Crippen LogP contribution in [-0.2, 0) is 38.7 Å². The smallest absolute Gasteiger partial charge is 0.669 e. The van der Waals surface area contributed by atoms with Gasteiger partial charge in [0.1, 0.15) is 0 Å². The predicted octanol–water partition coefficient (Wildman–Crippen LogP) is -2.74. The monoisotopic (exact) mass is 326 g/mol. The molecule has 0 aliphatic carbocycles. The normalized spacial score (nSPS) is 11.9. The van der Waals surface area contributed by atoms with Crippen LogP contribution in [-0.4, -0.2) is 46.2 Å². The number of aliphatic carboxylic acids is 4. The summed E-state index contributed by atoms with van der Waals surface area (Å²) >= 11 is 0. The van der Waals surface area contributed by atoms with E-state index in [0.717, 1.165) is 0 Å². The third-order valence-corrected chi connectivity index (χ3v) is 1.33. The van der Waals surface area contributed by atoms with E-state index in [1.165, 1.54) is 0 Å². The molecule has 0 bridgehead atoms. The number of carboxylic acids is 4. The van der Waals surface area contributed by atoms with Crippen molar-refractivity contribution in [1.29, 1.82) is 0 Å². The summed E-state index contributed by atoms with van der Waals surface area (Å²) in [7, 11) is 0. The van der Waals surface area contributed by atoms with E-state index in [1.807, 2.05) is 0 Å². The summed E-state index contributed by atoms with van der Waals surface area (Å²) in [6.07, 6.45) is -1.41. The van der Waals surface area contributed by atoms with Gasteiger partial charge in [-0.15, -0.1) is 0 Å². The minimum absolute atomic E-state index is 0. The van der Waals surface area contributed by atoms with Crippen LogP contribution in [0, 0.1) is 0 Å². The predicted molar refractivity (Wildman–Crippen MR) is 50.7 cm³/mol. The Kier molecular flexibility index (Phi) is 13.7. The Morgan fingerprint density at radius 2 is 1.05 bits per heavy atom. The van der Waals surface area contributed by atoms with Crippen LogP contribution in [0.5, 0.6) is 0 Å². The van der Waals surface area contributed by atoms with Crippen LogP contribution in [0.25, 0.3) is 11.5 Å². The summed E-state index contributed by atoms with van der Waals surface area (Å²) < 4.78 is 0. The van der Waals surface area contributed by atoms with Crippen LogP contribution in [0.2, 0.25) is 0 Å². The maximum absolute atomic E-state index is 9.70. The Hall–Kier alpha value is -1.58. The minimum atomic E-state index is -1.66. The molecule has 104 valence electrons. The molecule has 0 rings (SSSR count). The van der Waals surface area contributed by atoms with Crippen LogP contribution in [0.4, 0.5) is 0 Å². The Labute approximate surface area is 120 Å². The van der Waals surface area contributed by atoms with Gasteiger partial charge in [-0.25, -0.2) is 0 Å². The number of hydrogen-bond acceptors (Lipinski definition) is 6. The molecule has 19 heavy (non-hydrogen) atoms. The maximum Gasteiger partial charge on any atom is 2.00 e. The zero-order valence-electron chi connectivity index (χ0n) is 9.62. The maximum atomic E-state index is 9.70. The first-order chi connectivity index (χ1) is 8.07. The molecule has 0 saturated heterocycles. The van der Waals surface area contributed by atoms with Crippen LogP contribution in [0.1, 0.15) is 12.8 Å². The fourth-order valence-corrected chi connectivity index (χ4v) is 0.516. The molecule has 0 heterocycles. The molecule has 11 heteroatoms. The molecule has 0 amide bonds. The fraction of sp³-hybridized carbons (Fsp3) is 0.500. The van der Waals surface area contributed by atoms with Crippen molar-refractivity contribution in [1.82, 2.24) is 0 Å². The van der Waals surface area contributed by atoms with E-state index in [2.05, 4.69) is 0 Å². The summed E-state index contributed by atoms with van der Waals surface area (Å²) in [5.41, 5.74) is 13.0. The topological polar surface area (TPSA) is 202 Å². The molecular formula is C8H10N2O8Zn-2. The summed E-state index contributed by atoms with van der Waals surface area (Å²) in [6, 6.07) is -3.30. The van der Waals surface area contributed by atoms with Gasteiger partial charge in [-0.3, -0.25) is 9.59 Å². The molecule has 0 aromatic rings. The second-order valence-corrected chi connectivity index (χ2v) is 2.94. The van der Waals surface area contributed by atoms with E-state index in [1.54, 1.807) is 0 Å². The number of carboxylic acid groups (broad SMARTS) is 4. The second kappa shape index (κ2) is 11.5. The largest absolute Gasteiger partial charge is 2.00 e. The van der Waals surface area contributed by atoms with Crippen LogP contribution >= 0.6 is 0 Å². The van der Waals surface area contributed by atoms with Gasteiger partial charge in [-0.2, -0.15) is 0 Å². The molecule has 0 fully saturated rings. The van der Waals surface area contributed by atoms with Gasteiger partial charge in [-0.1, -0.05) is 12.1 Å². The zero-order chi connectivity index (χ0) is 14.9. The van der Waals surface area contributed by atoms with E-state index >= 15 is 0 Å². The van der Waals surface area contributed by atoms with Crippen molar-refractivity contribution >= 4 is 23.9 Å². The number of carbonyl (C=O) groups excluding carboxylic acids is 2. The minimum Gasteiger partial charge on any atom is -0.669 e. The number of carbonyl (C=O) groups is 4. The molecule has 0 aliphatic heterocycles. The van der Waals surface area contributed by atoms with Crippen molar-refractivity contribution in [3.63, 3.8) is 0 Å². The molecule has 2 atom stereocenters. The van der Waals surface area contributed by atoms with Gasteiger partial charge in [0.05, 0.1) is 0 Å². The second-order valence-electron chi connectivity index (χ2n) is 2.94. The summed E-state index contributed by atoms with van der Waals surface area (Å²) in [5, 5.41) is 35.2. The van der Waals surface area contributed by atoms with Crippen molar-refractivity contribution in [3.05, 3.63) is 11.5 Å². The molecule has 10 nitrogen and oxygen atoms in total. The quantitative estimate of drug-likeness (QED) is 0.488. The van der Waals surface area contributed by atoms with Crippen LogP contribution in [0.3, 0.4) is 0 Å². The van der Waals surface area contributed by atoms with Gasteiger partial charge < -0.3 is 41.5 Å². The van der Waals surface area contributed by atoms with Crippen molar-refractivity contribution < 1.29 is 59.1 Å². The zero-order valence-corrected chi connectivity index (χ0v) is 12.6. The Balaban J connectivity index is -0.000000256. The van der Waals surface area contributed by atoms with Crippen LogP contribution < -0.4 is 10.2 Å². The first kappa shape index (κ1) is 22.6. The molecule has 0 saturated carbocycles. The van der Waals surface area contributed by atoms with Crippen molar-refractivity contribution in [2.45, 2.75) is 24.9 Å². The molecule has 0 radical (unpaired) electrons. The van der Waals surface area contributed by atoms with Crippen molar-refractivity contribution in [2.75, 3.05) is 0 Å². The van der Waals surface area contributed by atoms with E-state index in [0.29, 0.717) is 0 Å². The van der Waals surface area contributed by atoms with Gasteiger partial charge in [-0.05, 0) is 0 Å². The van der Waals surface area contributed by atoms with Gasteiger partial charge in [0.25, 0.3) is 0 Å². The first-order valence-electron chi connectivity index (χ1n) is 4.35. The number of hydrogen-bond donors (Lipinski definition) is 2. The van der Waals surface area contributed by atoms with E-state index < -0.39 is 48.8 Å². The Morgan fingerprint density at radius 1 is 0.842 bits per heavy atom. The molecule has 0 aromatic carbocycles. The average molecular weight is 328 g/mol. The standard InChI is InChI=1S/2C4H6NO4.Zn/c2*5-2(4(8)9)1-3(6)7;/h2*2,5H,1H2,(H,6,7)(H,8,9);/q2*-1;+2/p-2/t2*2-;/m00./s1. The summed E-state index contributed by atoms with van der Waals surface area (Å²) in [4.78, 5) is 38.8. The summed E-state index contributed by atoms with van der Waals surface area (Å²) in [6.45, 7) is 0. The van der Waals surface area contributed by atoms with Gasteiger partial charge in [0.15, 0.2) is 0 Å². The van der Waals surface area contributed by atoms with E-state index in [9.17, 15) is 29.4 Å². The molecule has 0 aromatic heterocycles. The summed E-state index contributed by atoms with van der Waals surface area (Å²) in [5.74, 6) is -5.92. The molecule has 0 aliphatic rings. The van der Waals surface area contributed by atoms with Gasteiger partial charge >= 0.3 is 31.4 Å². The third kappa shape index (κ3) is 16.4. The fourth-order valence-electron chi connectivity index (χ4n) is 0.516. The van der Waals surface area contributed by atoms with E-state index in [-0.39, 0.29) is 19.5 Å². The average Bonchev–Trinajstić information content (AvgIpc) is 2.16. The van der Waals surface area contributed by atoms with Crippen molar-refractivity contribution in [2.24, 2.45) is 0 Å².